The lowest BCUT2D eigenvalue weighted by Crippen LogP contribution is -2.35. The summed E-state index contributed by atoms with van der Waals surface area (Å²) in [6.07, 6.45) is -5.05. The summed E-state index contributed by atoms with van der Waals surface area (Å²) in [5.41, 5.74) is -0.635. The maximum absolute atomic E-state index is 14.2. The molecule has 0 heterocycles. The van der Waals surface area contributed by atoms with Crippen molar-refractivity contribution in [3.63, 3.8) is 0 Å². The Labute approximate surface area is 170 Å². The smallest absolute Gasteiger partial charge is 0.465 e. The molecule has 0 saturated heterocycles. The average molecular weight is 481 g/mol. The van der Waals surface area contributed by atoms with E-state index >= 15 is 0 Å². The minimum atomic E-state index is -5.05. The fourth-order valence-corrected chi connectivity index (χ4v) is 2.47. The predicted molar refractivity (Wildman–Crippen MR) is 92.2 cm³/mol. The van der Waals surface area contributed by atoms with E-state index in [1.165, 1.54) is 0 Å². The number of carbonyl (C=O) groups is 1. The second-order valence-corrected chi connectivity index (χ2v) is 6.19. The van der Waals surface area contributed by atoms with E-state index in [-0.39, 0.29) is 4.47 Å². The van der Waals surface area contributed by atoms with Crippen LogP contribution in [0.15, 0.2) is 34.8 Å². The molecule has 0 fully saturated rings. The van der Waals surface area contributed by atoms with Gasteiger partial charge in [0.05, 0.1) is 7.11 Å². The van der Waals surface area contributed by atoms with Gasteiger partial charge in [-0.3, -0.25) is 0 Å². The van der Waals surface area contributed by atoms with E-state index in [1.54, 1.807) is 0 Å². The number of alkyl halides is 3. The SMILES string of the molecule is [B]C(O)(O)Oc1cc(OC(F)(F)F)ccc1Oc1cc(Br)cc(F)c1C(=O)OC. The molecule has 0 aromatic heterocycles. The zero-order valence-corrected chi connectivity index (χ0v) is 15.9. The molecular weight excluding hydrogens is 471 g/mol. The molecule has 0 saturated carbocycles. The molecule has 13 heteroatoms. The van der Waals surface area contributed by atoms with Gasteiger partial charge in [-0.05, 0) is 24.3 Å². The van der Waals surface area contributed by atoms with Gasteiger partial charge in [-0.1, -0.05) is 15.9 Å². The van der Waals surface area contributed by atoms with Gasteiger partial charge in [-0.2, -0.15) is 0 Å². The summed E-state index contributed by atoms with van der Waals surface area (Å²) in [5.74, 6) is -7.85. The molecule has 2 radical (unpaired) electrons. The van der Waals surface area contributed by atoms with Crippen molar-refractivity contribution < 1.29 is 51.5 Å². The Bertz CT molecular complexity index is 915. The van der Waals surface area contributed by atoms with E-state index in [1.807, 2.05) is 0 Å². The second-order valence-electron chi connectivity index (χ2n) is 5.27. The fraction of sp³-hybridized carbons (Fsp3) is 0.188. The first-order chi connectivity index (χ1) is 13.3. The number of halogens is 5. The maximum Gasteiger partial charge on any atom is 0.573 e. The molecule has 7 nitrogen and oxygen atoms in total. The highest BCUT2D eigenvalue weighted by atomic mass is 79.9. The van der Waals surface area contributed by atoms with Crippen molar-refractivity contribution in [3.8, 4) is 23.0 Å². The molecule has 0 aliphatic heterocycles. The molecule has 29 heavy (non-hydrogen) atoms. The van der Waals surface area contributed by atoms with Gasteiger partial charge in [-0.25, -0.2) is 9.18 Å². The van der Waals surface area contributed by atoms with E-state index in [2.05, 4.69) is 30.1 Å². The second kappa shape index (κ2) is 8.47. The van der Waals surface area contributed by atoms with Crippen molar-refractivity contribution in [2.24, 2.45) is 0 Å². The van der Waals surface area contributed by atoms with Gasteiger partial charge >= 0.3 is 12.3 Å². The summed E-state index contributed by atoms with van der Waals surface area (Å²) in [6.45, 7) is 0. The third-order valence-electron chi connectivity index (χ3n) is 3.04. The van der Waals surface area contributed by atoms with Crippen LogP contribution in [-0.2, 0) is 4.74 Å². The molecule has 0 amide bonds. The Hall–Kier alpha value is -2.51. The molecule has 0 aliphatic carbocycles. The third kappa shape index (κ3) is 6.51. The van der Waals surface area contributed by atoms with Crippen LogP contribution in [-0.4, -0.2) is 43.4 Å². The number of benzene rings is 2. The lowest BCUT2D eigenvalue weighted by atomic mass is 10.1. The Morgan fingerprint density at radius 3 is 2.28 bits per heavy atom. The number of carbonyl (C=O) groups excluding carboxylic acids is 1. The van der Waals surface area contributed by atoms with Crippen molar-refractivity contribution >= 4 is 29.7 Å². The Morgan fingerprint density at radius 2 is 1.72 bits per heavy atom. The highest BCUT2D eigenvalue weighted by Gasteiger charge is 2.32. The Balaban J connectivity index is 2.53. The molecule has 0 aliphatic rings. The largest absolute Gasteiger partial charge is 0.573 e. The zero-order valence-electron chi connectivity index (χ0n) is 14.3. The first kappa shape index (κ1) is 22.8. The average Bonchev–Trinajstić information content (AvgIpc) is 2.53. The Kier molecular flexibility index (Phi) is 6.65. The summed E-state index contributed by atoms with van der Waals surface area (Å²) in [4.78, 5) is 11.8. The van der Waals surface area contributed by atoms with Crippen LogP contribution in [0, 0.1) is 5.82 Å². The van der Waals surface area contributed by atoms with Crippen LogP contribution in [0.25, 0.3) is 0 Å². The summed E-state index contributed by atoms with van der Waals surface area (Å²) < 4.78 is 69.6. The number of methoxy groups -OCH3 is 1. The lowest BCUT2D eigenvalue weighted by Gasteiger charge is -2.22. The molecule has 0 spiro atoms. The number of hydrogen-bond acceptors (Lipinski definition) is 7. The van der Waals surface area contributed by atoms with Gasteiger partial charge in [0.15, 0.2) is 11.5 Å². The number of ether oxygens (including phenoxy) is 4. The van der Waals surface area contributed by atoms with Crippen molar-refractivity contribution in [2.45, 2.75) is 12.2 Å². The summed E-state index contributed by atoms with van der Waals surface area (Å²) >= 11 is 3.00. The molecular formula is C16H10BBrF4O7. The summed E-state index contributed by atoms with van der Waals surface area (Å²) in [7, 11) is 5.88. The van der Waals surface area contributed by atoms with Gasteiger partial charge in [0.1, 0.15) is 22.9 Å². The van der Waals surface area contributed by atoms with E-state index in [4.69, 9.17) is 12.6 Å². The predicted octanol–water partition coefficient (Wildman–Crippen LogP) is 3.21. The van der Waals surface area contributed by atoms with Crippen molar-refractivity contribution in [1.82, 2.24) is 0 Å². The molecule has 2 rings (SSSR count). The van der Waals surface area contributed by atoms with Crippen LogP contribution in [0.2, 0.25) is 0 Å². The van der Waals surface area contributed by atoms with Crippen molar-refractivity contribution in [1.29, 1.82) is 0 Å². The summed E-state index contributed by atoms with van der Waals surface area (Å²) in [5, 5.41) is 18.4. The molecule has 2 aromatic rings. The maximum atomic E-state index is 14.2. The molecule has 2 N–H and O–H groups in total. The Morgan fingerprint density at radius 1 is 1.07 bits per heavy atom. The number of aliphatic hydroxyl groups is 2. The first-order valence-corrected chi connectivity index (χ1v) is 8.16. The summed E-state index contributed by atoms with van der Waals surface area (Å²) in [6, 6.07) is 4.37. The fourth-order valence-electron chi connectivity index (χ4n) is 2.06. The molecule has 2 aromatic carbocycles. The van der Waals surface area contributed by atoms with E-state index < -0.39 is 52.6 Å². The van der Waals surface area contributed by atoms with Gasteiger partial charge in [-0.15, -0.1) is 13.2 Å². The standard InChI is InChI=1S/C16H10BBrF4O7/c1-26-14(23)13-9(19)4-7(18)5-12(13)27-10-3-2-8(28-16(20,21)22)6-11(10)29-15(17,24)25/h2-6,24-25H,1H3. The molecule has 0 unspecified atom stereocenters. The van der Waals surface area contributed by atoms with Gasteiger partial charge in [0.25, 0.3) is 5.87 Å². The van der Waals surface area contributed by atoms with Crippen LogP contribution in [0.4, 0.5) is 17.6 Å². The van der Waals surface area contributed by atoms with E-state index in [9.17, 15) is 32.6 Å². The highest BCUT2D eigenvalue weighted by molar-refractivity contribution is 9.10. The number of rotatable bonds is 6. The van der Waals surface area contributed by atoms with Crippen LogP contribution < -0.4 is 14.2 Å². The quantitative estimate of drug-likeness (QED) is 0.284. The minimum Gasteiger partial charge on any atom is -0.465 e. The third-order valence-corrected chi connectivity index (χ3v) is 3.50. The normalized spacial score (nSPS) is 11.7. The van der Waals surface area contributed by atoms with Gasteiger partial charge in [0.2, 0.25) is 7.85 Å². The van der Waals surface area contributed by atoms with Crippen LogP contribution in [0.5, 0.6) is 23.0 Å². The monoisotopic (exact) mass is 480 g/mol. The number of esters is 1. The first-order valence-electron chi connectivity index (χ1n) is 7.36. The lowest BCUT2D eigenvalue weighted by molar-refractivity contribution is -0.274. The zero-order chi connectivity index (χ0) is 22.0. The molecule has 0 atom stereocenters. The van der Waals surface area contributed by atoms with Crippen LogP contribution >= 0.6 is 15.9 Å². The minimum absolute atomic E-state index is 0.148. The molecule has 0 bridgehead atoms. The topological polar surface area (TPSA) is 94.5 Å². The van der Waals surface area contributed by atoms with Crippen LogP contribution in [0.1, 0.15) is 10.4 Å². The van der Waals surface area contributed by atoms with Crippen molar-refractivity contribution in [3.05, 3.63) is 46.2 Å². The van der Waals surface area contributed by atoms with E-state index in [0.717, 1.165) is 31.4 Å². The number of hydrogen-bond donors (Lipinski definition) is 2. The van der Waals surface area contributed by atoms with Crippen LogP contribution in [0.3, 0.4) is 0 Å². The van der Waals surface area contributed by atoms with Gasteiger partial charge in [0, 0.05) is 10.5 Å². The van der Waals surface area contributed by atoms with E-state index in [0.29, 0.717) is 6.07 Å². The van der Waals surface area contributed by atoms with Crippen molar-refractivity contribution in [2.75, 3.05) is 7.11 Å². The molecule has 154 valence electrons. The van der Waals surface area contributed by atoms with Gasteiger partial charge < -0.3 is 29.2 Å². The highest BCUT2D eigenvalue weighted by Crippen LogP contribution is 2.39.